The first-order chi connectivity index (χ1) is 19.4. The van der Waals surface area contributed by atoms with Gasteiger partial charge in [-0.3, -0.25) is 4.90 Å². The Morgan fingerprint density at radius 3 is 2.02 bits per heavy atom. The van der Waals surface area contributed by atoms with E-state index in [2.05, 4.69) is 0 Å². The number of benzene rings is 3. The summed E-state index contributed by atoms with van der Waals surface area (Å²) in [6.07, 6.45) is 2.90. The molecule has 40 heavy (non-hydrogen) atoms. The van der Waals surface area contributed by atoms with Crippen LogP contribution in [0.3, 0.4) is 0 Å². The maximum atomic E-state index is 14.2. The van der Waals surface area contributed by atoms with Crippen molar-refractivity contribution in [3.63, 3.8) is 0 Å². The van der Waals surface area contributed by atoms with E-state index in [4.69, 9.17) is 11.6 Å². The topological polar surface area (TPSA) is 84.4 Å². The number of anilines is 2. The summed E-state index contributed by atoms with van der Waals surface area (Å²) in [4.78, 5) is 47.7. The van der Waals surface area contributed by atoms with Crippen molar-refractivity contribution in [3.05, 3.63) is 95.5 Å². The van der Waals surface area contributed by atoms with Crippen molar-refractivity contribution in [3.8, 4) is 0 Å². The van der Waals surface area contributed by atoms with E-state index in [1.54, 1.807) is 9.80 Å². The maximum Gasteiger partial charge on any atom is 0.329 e. The zero-order valence-electron chi connectivity index (χ0n) is 22.0. The molecule has 1 unspecified atom stereocenters. The molecule has 3 aromatic rings. The molecule has 0 saturated carbocycles. The molecule has 8 nitrogen and oxygen atoms in total. The number of para-hydroxylation sites is 2. The second-order valence-electron chi connectivity index (χ2n) is 10.6. The number of piperazine rings is 1. The fraction of sp³-hybridized carbons (Fsp3) is 0.323. The number of carbonyl (C=O) groups excluding carboxylic acids is 2. The summed E-state index contributed by atoms with van der Waals surface area (Å²) in [5.74, 6) is -1.10. The summed E-state index contributed by atoms with van der Waals surface area (Å²) in [5.41, 5.74) is 2.32. The summed E-state index contributed by atoms with van der Waals surface area (Å²) in [6.45, 7) is 0.770. The highest BCUT2D eigenvalue weighted by Crippen LogP contribution is 2.40. The average Bonchev–Trinajstić information content (AvgIpc) is 3.57. The van der Waals surface area contributed by atoms with Gasteiger partial charge in [-0.1, -0.05) is 60.1 Å². The highest BCUT2D eigenvalue weighted by atomic mass is 35.5. The van der Waals surface area contributed by atoms with Gasteiger partial charge in [0.1, 0.15) is 0 Å². The minimum atomic E-state index is -1.15. The Hall–Kier alpha value is -4.04. The van der Waals surface area contributed by atoms with Gasteiger partial charge in [-0.25, -0.2) is 14.4 Å². The second-order valence-corrected chi connectivity index (χ2v) is 11.1. The van der Waals surface area contributed by atoms with Gasteiger partial charge in [0.25, 0.3) is 0 Å². The number of likely N-dealkylation sites (tertiary alicyclic amines) is 2. The van der Waals surface area contributed by atoms with E-state index in [-0.39, 0.29) is 24.7 Å². The van der Waals surface area contributed by atoms with E-state index in [0.29, 0.717) is 35.8 Å². The zero-order chi connectivity index (χ0) is 27.8. The summed E-state index contributed by atoms with van der Waals surface area (Å²) >= 11 is 6.09. The molecular weight excluding hydrogens is 528 g/mol. The van der Waals surface area contributed by atoms with Gasteiger partial charge < -0.3 is 19.8 Å². The average molecular weight is 559 g/mol. The maximum absolute atomic E-state index is 14.2. The lowest BCUT2D eigenvalue weighted by molar-refractivity contribution is -0.145. The van der Waals surface area contributed by atoms with Gasteiger partial charge in [-0.15, -0.1) is 0 Å². The van der Waals surface area contributed by atoms with E-state index in [1.165, 1.54) is 4.90 Å². The number of carboxylic acid groups (broad SMARTS) is 1. The summed E-state index contributed by atoms with van der Waals surface area (Å²) in [7, 11) is 0. The lowest BCUT2D eigenvalue weighted by Crippen LogP contribution is -2.67. The molecule has 9 heteroatoms. The third kappa shape index (κ3) is 4.66. The molecule has 0 aliphatic carbocycles. The van der Waals surface area contributed by atoms with E-state index < -0.39 is 24.1 Å². The third-order valence-corrected chi connectivity index (χ3v) is 8.60. The molecular formula is C31H31ClN4O4. The van der Waals surface area contributed by atoms with Crippen LogP contribution < -0.4 is 4.90 Å². The van der Waals surface area contributed by atoms with E-state index in [9.17, 15) is 19.5 Å². The predicted molar refractivity (Wildman–Crippen MR) is 153 cm³/mol. The van der Waals surface area contributed by atoms with Crippen molar-refractivity contribution >= 4 is 41.0 Å². The fourth-order valence-corrected chi connectivity index (χ4v) is 6.70. The van der Waals surface area contributed by atoms with Crippen LogP contribution in [0.2, 0.25) is 5.02 Å². The van der Waals surface area contributed by atoms with E-state index in [0.717, 1.165) is 18.4 Å². The standard InChI is InChI=1S/C31H31ClN4O4/c32-22-15-13-21(14-16-22)26-12-7-19-33(26)30(39)36-25-17-18-27(36)28(29(37)38)34(20-25)31(40)35(23-8-3-1-4-9-23)24-10-5-2-6-11-24/h1-6,8-11,13-16,25-28H,7,12,17-20H2,(H,37,38)/t25-,26?,27+,28-/m0/s1. The Morgan fingerprint density at radius 1 is 0.800 bits per heavy atom. The van der Waals surface area contributed by atoms with Gasteiger partial charge in [-0.05, 0) is 67.6 Å². The van der Waals surface area contributed by atoms with Crippen molar-refractivity contribution in [1.82, 2.24) is 14.7 Å². The number of amides is 4. The number of fused-ring (bicyclic) bond motifs is 2. The first kappa shape index (κ1) is 26.2. The molecule has 2 bridgehead atoms. The van der Waals surface area contributed by atoms with E-state index in [1.807, 2.05) is 89.8 Å². The smallest absolute Gasteiger partial charge is 0.329 e. The lowest BCUT2D eigenvalue weighted by Gasteiger charge is -2.47. The van der Waals surface area contributed by atoms with Crippen LogP contribution in [-0.4, -0.2) is 69.1 Å². The van der Waals surface area contributed by atoms with Crippen molar-refractivity contribution in [2.45, 2.75) is 49.9 Å². The minimum Gasteiger partial charge on any atom is -0.480 e. The zero-order valence-corrected chi connectivity index (χ0v) is 22.7. The minimum absolute atomic E-state index is 0.0845. The molecule has 3 saturated heterocycles. The Labute approximate surface area is 238 Å². The van der Waals surface area contributed by atoms with Crippen molar-refractivity contribution in [1.29, 1.82) is 0 Å². The van der Waals surface area contributed by atoms with Gasteiger partial charge in [0.05, 0.1) is 29.5 Å². The third-order valence-electron chi connectivity index (χ3n) is 8.35. The van der Waals surface area contributed by atoms with Crippen molar-refractivity contribution in [2.24, 2.45) is 0 Å². The number of hydrogen-bond acceptors (Lipinski definition) is 3. The summed E-state index contributed by atoms with van der Waals surface area (Å²) in [6, 6.07) is 23.4. The van der Waals surface area contributed by atoms with Crippen molar-refractivity contribution < 1.29 is 19.5 Å². The first-order valence-corrected chi connectivity index (χ1v) is 14.1. The van der Waals surface area contributed by atoms with Gasteiger partial charge in [0.15, 0.2) is 6.04 Å². The van der Waals surface area contributed by atoms with Gasteiger partial charge in [0.2, 0.25) is 0 Å². The molecule has 3 fully saturated rings. The number of halogens is 1. The Bertz CT molecular complexity index is 1350. The number of rotatable bonds is 4. The highest BCUT2D eigenvalue weighted by Gasteiger charge is 2.55. The molecule has 3 aliphatic heterocycles. The van der Waals surface area contributed by atoms with Crippen LogP contribution in [-0.2, 0) is 4.79 Å². The van der Waals surface area contributed by atoms with Gasteiger partial charge in [-0.2, -0.15) is 0 Å². The van der Waals surface area contributed by atoms with E-state index >= 15 is 0 Å². The molecule has 206 valence electrons. The summed E-state index contributed by atoms with van der Waals surface area (Å²) < 4.78 is 0. The number of carbonyl (C=O) groups is 3. The summed E-state index contributed by atoms with van der Waals surface area (Å²) in [5, 5.41) is 11.1. The molecule has 3 aliphatic rings. The monoisotopic (exact) mass is 558 g/mol. The van der Waals surface area contributed by atoms with Crippen LogP contribution >= 0.6 is 11.6 Å². The molecule has 0 spiro atoms. The molecule has 4 amide bonds. The SMILES string of the molecule is O=C(O)[C@@H]1[C@H]2CC[C@@H](CN1C(=O)N(c1ccccc1)c1ccccc1)N2C(=O)N1CCCC1c1ccc(Cl)cc1. The molecule has 0 aromatic heterocycles. The number of hydrogen-bond donors (Lipinski definition) is 1. The second kappa shape index (κ2) is 10.8. The predicted octanol–water partition coefficient (Wildman–Crippen LogP) is 6.16. The molecule has 4 atom stereocenters. The van der Waals surface area contributed by atoms with Crippen molar-refractivity contribution in [2.75, 3.05) is 18.0 Å². The Kier molecular flexibility index (Phi) is 7.11. The molecule has 6 rings (SSSR count). The van der Waals surface area contributed by atoms with Crippen LogP contribution in [0.4, 0.5) is 21.0 Å². The van der Waals surface area contributed by atoms with Crippen LogP contribution in [0.1, 0.15) is 37.3 Å². The lowest BCUT2D eigenvalue weighted by atomic mass is 10.0. The quantitative estimate of drug-likeness (QED) is 0.416. The largest absolute Gasteiger partial charge is 0.480 e. The number of nitrogens with zero attached hydrogens (tertiary/aromatic N) is 4. The normalized spacial score (nSPS) is 23.8. The number of urea groups is 2. The molecule has 1 N–H and O–H groups in total. The molecule has 3 heterocycles. The number of aliphatic carboxylic acids is 1. The van der Waals surface area contributed by atoms with Crippen LogP contribution in [0.15, 0.2) is 84.9 Å². The van der Waals surface area contributed by atoms with Crippen LogP contribution in [0, 0.1) is 0 Å². The van der Waals surface area contributed by atoms with Gasteiger partial charge >= 0.3 is 18.0 Å². The first-order valence-electron chi connectivity index (χ1n) is 13.7. The Balaban J connectivity index is 1.30. The molecule has 0 radical (unpaired) electrons. The molecule has 3 aromatic carbocycles. The Morgan fingerprint density at radius 2 is 1.43 bits per heavy atom. The van der Waals surface area contributed by atoms with Crippen LogP contribution in [0.25, 0.3) is 0 Å². The van der Waals surface area contributed by atoms with Gasteiger partial charge in [0, 0.05) is 18.1 Å². The fourth-order valence-electron chi connectivity index (χ4n) is 6.57. The van der Waals surface area contributed by atoms with Crippen LogP contribution in [0.5, 0.6) is 0 Å². The highest BCUT2D eigenvalue weighted by molar-refractivity contribution is 6.30. The number of carboxylic acids is 1.